The highest BCUT2D eigenvalue weighted by Crippen LogP contribution is 2.34. The van der Waals surface area contributed by atoms with Crippen LogP contribution >= 0.6 is 0 Å². The Hall–Kier alpha value is -4.91. The molecule has 0 saturated carbocycles. The van der Waals surface area contributed by atoms with Crippen LogP contribution in [0.25, 0.3) is 21.6 Å². The topological polar surface area (TPSA) is 181 Å². The number of aliphatic hydroxyl groups excluding tert-OH is 1. The molecule has 2 aromatic carbocycles. The summed E-state index contributed by atoms with van der Waals surface area (Å²) in [4.78, 5) is 28.1. The third-order valence-electron chi connectivity index (χ3n) is 6.73. The zero-order valence-corrected chi connectivity index (χ0v) is 22.4. The van der Waals surface area contributed by atoms with Crippen LogP contribution in [0.1, 0.15) is 17.4 Å². The highest BCUT2D eigenvalue weighted by Gasteiger charge is 2.48. The third kappa shape index (κ3) is 5.84. The fraction of sp³-hybridized carbons (Fsp3) is 0.333. The van der Waals surface area contributed by atoms with E-state index in [1.165, 1.54) is 24.3 Å². The van der Waals surface area contributed by atoms with Crippen LogP contribution in [0, 0.1) is 0 Å². The van der Waals surface area contributed by atoms with Crippen LogP contribution in [-0.2, 0) is 22.6 Å². The number of fused-ring (bicyclic) bond motifs is 1. The molecule has 41 heavy (non-hydrogen) atoms. The minimum absolute atomic E-state index is 0.379. The Balaban J connectivity index is 1.28. The average molecular weight is 560 g/mol. The van der Waals surface area contributed by atoms with Gasteiger partial charge in [0, 0.05) is 18.5 Å². The molecule has 212 valence electrons. The van der Waals surface area contributed by atoms with Crippen molar-refractivity contribution >= 4 is 22.9 Å². The van der Waals surface area contributed by atoms with Crippen LogP contribution in [0.4, 0.5) is 5.82 Å². The molecule has 1 aliphatic heterocycles. The quantitative estimate of drug-likeness (QED) is 0.141. The predicted molar refractivity (Wildman–Crippen MR) is 148 cm³/mol. The molecule has 0 spiro atoms. The number of hydrogen-bond acceptors (Lipinski definition) is 10. The average Bonchev–Trinajstić information content (AvgIpc) is 3.58. The molecule has 0 bridgehead atoms. The number of anilines is 1. The first-order chi connectivity index (χ1) is 20.0. The number of imidazole rings is 1. The zero-order chi connectivity index (χ0) is 28.8. The molecule has 14 nitrogen and oxygen atoms in total. The van der Waals surface area contributed by atoms with Gasteiger partial charge in [0.15, 0.2) is 34.7 Å². The van der Waals surface area contributed by atoms with Crippen molar-refractivity contribution < 1.29 is 24.1 Å². The number of aromatic nitrogens is 4. The fourth-order valence-corrected chi connectivity index (χ4v) is 4.65. The number of amides is 1. The van der Waals surface area contributed by atoms with Crippen molar-refractivity contribution in [1.82, 2.24) is 24.8 Å². The Labute approximate surface area is 234 Å². The lowest BCUT2D eigenvalue weighted by molar-refractivity contribution is -0.134. The number of rotatable bonds is 11. The number of nitrogens with zero attached hydrogens (tertiary/aromatic N) is 7. The van der Waals surface area contributed by atoms with Crippen molar-refractivity contribution in [2.75, 3.05) is 26.0 Å². The number of hydrogen-bond donors (Lipinski definition) is 3. The first-order valence-electron chi connectivity index (χ1n) is 12.9. The van der Waals surface area contributed by atoms with Gasteiger partial charge in [0.1, 0.15) is 31.2 Å². The lowest BCUT2D eigenvalue weighted by Gasteiger charge is -2.16. The minimum atomic E-state index is -1.30. The second-order valence-corrected chi connectivity index (χ2v) is 9.23. The van der Waals surface area contributed by atoms with E-state index in [1.54, 1.807) is 7.11 Å². The van der Waals surface area contributed by atoms with Crippen molar-refractivity contribution in [3.63, 3.8) is 0 Å². The summed E-state index contributed by atoms with van der Waals surface area (Å²) in [6.45, 7) is 0.955. The van der Waals surface area contributed by atoms with E-state index in [-0.39, 0.29) is 0 Å². The monoisotopic (exact) mass is 559 g/mol. The van der Waals surface area contributed by atoms with Crippen molar-refractivity contribution in [2.45, 2.75) is 37.5 Å². The van der Waals surface area contributed by atoms with E-state index < -0.39 is 30.4 Å². The maximum atomic E-state index is 12.3. The van der Waals surface area contributed by atoms with Crippen LogP contribution in [0.15, 0.2) is 66.3 Å². The Morgan fingerprint density at radius 3 is 2.76 bits per heavy atom. The number of ether oxygens (including phenoxy) is 3. The summed E-state index contributed by atoms with van der Waals surface area (Å²) in [5, 5.41) is 20.1. The second kappa shape index (κ2) is 12.5. The van der Waals surface area contributed by atoms with Gasteiger partial charge in [-0.25, -0.2) is 15.0 Å². The number of azide groups is 1. The standard InChI is InChI=1S/C27H29N9O5/c1-29-26(38)23-20(34-35-28)22(37)27(41-23)36-15-33-21-24(31-14-32-25(21)36)30-11-10-16-8-9-18(39-2)19(12-16)40-13-17-6-4-3-5-7-17/h3-9,12,14-15,20,22-23,27,37H,10-11,13H2,1-2H3,(H,29,38)(H,30,31,32). The van der Waals surface area contributed by atoms with Crippen molar-refractivity contribution in [3.05, 3.63) is 82.8 Å². The van der Waals surface area contributed by atoms with Gasteiger partial charge in [-0.3, -0.25) is 9.36 Å². The van der Waals surface area contributed by atoms with Gasteiger partial charge in [0.05, 0.1) is 13.4 Å². The van der Waals surface area contributed by atoms with Crippen LogP contribution in [0.2, 0.25) is 0 Å². The molecule has 5 rings (SSSR count). The summed E-state index contributed by atoms with van der Waals surface area (Å²) >= 11 is 0. The Bertz CT molecular complexity index is 1560. The summed E-state index contributed by atoms with van der Waals surface area (Å²) in [7, 11) is 3.04. The molecule has 0 radical (unpaired) electrons. The minimum Gasteiger partial charge on any atom is -0.493 e. The third-order valence-corrected chi connectivity index (χ3v) is 6.73. The van der Waals surface area contributed by atoms with E-state index in [1.807, 2.05) is 48.5 Å². The van der Waals surface area contributed by atoms with Gasteiger partial charge >= 0.3 is 0 Å². The van der Waals surface area contributed by atoms with Gasteiger partial charge in [-0.15, -0.1) is 0 Å². The van der Waals surface area contributed by atoms with Gasteiger partial charge in [0.25, 0.3) is 0 Å². The van der Waals surface area contributed by atoms with Crippen molar-refractivity contribution in [2.24, 2.45) is 5.11 Å². The fourth-order valence-electron chi connectivity index (χ4n) is 4.65. The summed E-state index contributed by atoms with van der Waals surface area (Å²) in [5.41, 5.74) is 11.8. The number of aliphatic hydroxyl groups is 1. The molecule has 14 heteroatoms. The van der Waals surface area contributed by atoms with Gasteiger partial charge in [0.2, 0.25) is 5.91 Å². The van der Waals surface area contributed by atoms with Crippen LogP contribution in [0.5, 0.6) is 11.5 Å². The summed E-state index contributed by atoms with van der Waals surface area (Å²) in [6.07, 6.45) is -0.0473. The van der Waals surface area contributed by atoms with E-state index in [2.05, 4.69) is 35.6 Å². The van der Waals surface area contributed by atoms with Crippen LogP contribution in [-0.4, -0.2) is 69.5 Å². The molecule has 1 aliphatic rings. The first-order valence-corrected chi connectivity index (χ1v) is 12.9. The van der Waals surface area contributed by atoms with E-state index in [0.717, 1.165) is 11.1 Å². The molecule has 1 saturated heterocycles. The lowest BCUT2D eigenvalue weighted by Crippen LogP contribution is -2.40. The molecule has 4 aromatic rings. The normalized spacial score (nSPS) is 19.9. The first kappa shape index (κ1) is 27.6. The zero-order valence-electron chi connectivity index (χ0n) is 22.4. The lowest BCUT2D eigenvalue weighted by atomic mass is 10.1. The molecular weight excluding hydrogens is 530 g/mol. The molecule has 2 aromatic heterocycles. The number of carbonyl (C=O) groups is 1. The van der Waals surface area contributed by atoms with Crippen LogP contribution in [0.3, 0.4) is 0 Å². The smallest absolute Gasteiger partial charge is 0.249 e. The predicted octanol–water partition coefficient (Wildman–Crippen LogP) is 2.75. The highest BCUT2D eigenvalue weighted by atomic mass is 16.5. The van der Waals surface area contributed by atoms with E-state index in [0.29, 0.717) is 48.1 Å². The molecule has 4 unspecified atom stereocenters. The maximum Gasteiger partial charge on any atom is 0.249 e. The molecule has 3 N–H and O–H groups in total. The number of nitrogens with one attached hydrogen (secondary N) is 2. The number of likely N-dealkylation sites (N-methyl/N-ethyl adjacent to an activating group) is 1. The van der Waals surface area contributed by atoms with E-state index in [4.69, 9.17) is 19.7 Å². The summed E-state index contributed by atoms with van der Waals surface area (Å²) < 4.78 is 18.8. The maximum absolute atomic E-state index is 12.3. The molecular formula is C27H29N9O5. The van der Waals surface area contributed by atoms with Gasteiger partial charge in [-0.05, 0) is 35.2 Å². The molecule has 3 heterocycles. The number of benzene rings is 2. The van der Waals surface area contributed by atoms with Crippen molar-refractivity contribution in [1.29, 1.82) is 0 Å². The number of methoxy groups -OCH3 is 1. The molecule has 4 atom stereocenters. The molecule has 1 fully saturated rings. The van der Waals surface area contributed by atoms with Gasteiger partial charge in [-0.2, -0.15) is 0 Å². The molecule has 1 amide bonds. The van der Waals surface area contributed by atoms with Gasteiger partial charge < -0.3 is 30.0 Å². The number of carbonyl (C=O) groups excluding carboxylic acids is 1. The van der Waals surface area contributed by atoms with Gasteiger partial charge in [-0.1, -0.05) is 41.5 Å². The summed E-state index contributed by atoms with van der Waals surface area (Å²) in [6, 6.07) is 14.6. The van der Waals surface area contributed by atoms with E-state index in [9.17, 15) is 9.90 Å². The second-order valence-electron chi connectivity index (χ2n) is 9.23. The highest BCUT2D eigenvalue weighted by molar-refractivity contribution is 5.83. The Morgan fingerprint density at radius 1 is 1.17 bits per heavy atom. The summed E-state index contributed by atoms with van der Waals surface area (Å²) in [5.74, 6) is 1.28. The molecule has 0 aliphatic carbocycles. The van der Waals surface area contributed by atoms with Crippen LogP contribution < -0.4 is 20.1 Å². The van der Waals surface area contributed by atoms with E-state index >= 15 is 0 Å². The van der Waals surface area contributed by atoms with Crippen molar-refractivity contribution in [3.8, 4) is 11.5 Å². The largest absolute Gasteiger partial charge is 0.493 e. The SMILES string of the molecule is CNC(=O)C1OC(n2cnc3c(NCCc4ccc(OC)c(OCc5ccccc5)c4)ncnc32)C(O)C1N=[N+]=[N-]. The Kier molecular flexibility index (Phi) is 8.44. The Morgan fingerprint density at radius 2 is 2.00 bits per heavy atom.